The quantitative estimate of drug-likeness (QED) is 0.581. The summed E-state index contributed by atoms with van der Waals surface area (Å²) in [5, 5.41) is 8.10. The van der Waals surface area contributed by atoms with E-state index in [9.17, 15) is 14.0 Å². The minimum Gasteiger partial charge on any atom is -0.369 e. The molecule has 1 aliphatic rings. The van der Waals surface area contributed by atoms with E-state index in [1.165, 1.54) is 53.4 Å². The van der Waals surface area contributed by atoms with Gasteiger partial charge in [-0.1, -0.05) is 66.3 Å². The highest BCUT2D eigenvalue weighted by atomic mass is 32.2. The van der Waals surface area contributed by atoms with Gasteiger partial charge in [0.05, 0.1) is 11.5 Å². The van der Waals surface area contributed by atoms with E-state index in [0.29, 0.717) is 15.2 Å². The van der Waals surface area contributed by atoms with Crippen molar-refractivity contribution in [3.05, 3.63) is 35.6 Å². The lowest BCUT2D eigenvalue weighted by Gasteiger charge is -2.34. The number of halogens is 1. The van der Waals surface area contributed by atoms with Crippen LogP contribution in [-0.4, -0.2) is 44.5 Å². The number of hydrogen-bond donors (Lipinski definition) is 1. The van der Waals surface area contributed by atoms with E-state index >= 15 is 0 Å². The monoisotopic (exact) mass is 454 g/mol. The molecule has 1 fully saturated rings. The molecule has 3 rings (SSSR count). The van der Waals surface area contributed by atoms with Gasteiger partial charge in [-0.05, 0) is 30.5 Å². The maximum atomic E-state index is 13.2. The molecule has 0 aliphatic heterocycles. The number of nitrogens with zero attached hydrogens (tertiary/aromatic N) is 3. The van der Waals surface area contributed by atoms with Crippen molar-refractivity contribution < 1.29 is 14.0 Å². The first kappa shape index (κ1) is 22.0. The number of primary amides is 1. The van der Waals surface area contributed by atoms with Gasteiger partial charge in [0.1, 0.15) is 5.82 Å². The molecule has 0 unspecified atom stereocenters. The van der Waals surface area contributed by atoms with E-state index in [2.05, 4.69) is 10.2 Å². The molecule has 10 heteroatoms. The van der Waals surface area contributed by atoms with Gasteiger partial charge in [0.15, 0.2) is 8.68 Å². The average molecular weight is 455 g/mol. The van der Waals surface area contributed by atoms with Crippen LogP contribution in [0, 0.1) is 5.82 Å². The molecular formula is C19H23FN4O2S3. The van der Waals surface area contributed by atoms with Gasteiger partial charge in [0.2, 0.25) is 11.8 Å². The maximum Gasteiger partial charge on any atom is 0.233 e. The fourth-order valence-electron chi connectivity index (χ4n) is 3.25. The number of nitrogens with two attached hydrogens (primary N) is 1. The third-order valence-corrected chi connectivity index (χ3v) is 7.84. The van der Waals surface area contributed by atoms with Crippen molar-refractivity contribution in [1.82, 2.24) is 15.1 Å². The number of hydrogen-bond acceptors (Lipinski definition) is 7. The molecule has 0 bridgehead atoms. The van der Waals surface area contributed by atoms with Gasteiger partial charge in [0, 0.05) is 12.6 Å². The zero-order valence-corrected chi connectivity index (χ0v) is 18.3. The maximum absolute atomic E-state index is 13.2. The number of carbonyl (C=O) groups is 2. The van der Waals surface area contributed by atoms with Crippen molar-refractivity contribution in [2.24, 2.45) is 5.73 Å². The molecule has 0 saturated heterocycles. The highest BCUT2D eigenvalue weighted by Crippen LogP contribution is 2.30. The van der Waals surface area contributed by atoms with Crippen LogP contribution in [0.3, 0.4) is 0 Å². The molecule has 1 aromatic carbocycles. The molecular weight excluding hydrogens is 431 g/mol. The zero-order chi connectivity index (χ0) is 20.6. The van der Waals surface area contributed by atoms with Crippen molar-refractivity contribution >= 4 is 46.7 Å². The smallest absolute Gasteiger partial charge is 0.233 e. The van der Waals surface area contributed by atoms with Gasteiger partial charge < -0.3 is 10.6 Å². The van der Waals surface area contributed by atoms with Crippen LogP contribution in [0.15, 0.2) is 32.9 Å². The topological polar surface area (TPSA) is 89.2 Å². The van der Waals surface area contributed by atoms with Crippen LogP contribution in [0.1, 0.15) is 37.7 Å². The van der Waals surface area contributed by atoms with Crippen LogP contribution in [-0.2, 0) is 16.1 Å². The second kappa shape index (κ2) is 10.9. The molecule has 1 saturated carbocycles. The lowest BCUT2D eigenvalue weighted by Crippen LogP contribution is -2.41. The minimum atomic E-state index is -0.404. The second-order valence-electron chi connectivity index (χ2n) is 6.82. The predicted molar refractivity (Wildman–Crippen MR) is 114 cm³/mol. The summed E-state index contributed by atoms with van der Waals surface area (Å²) in [5.74, 6) is -0.203. The van der Waals surface area contributed by atoms with Crippen molar-refractivity contribution in [1.29, 1.82) is 0 Å². The summed E-state index contributed by atoms with van der Waals surface area (Å²) in [4.78, 5) is 25.8. The van der Waals surface area contributed by atoms with E-state index in [-0.39, 0.29) is 29.3 Å². The number of thioether (sulfide) groups is 2. The number of aromatic nitrogens is 2. The number of amides is 2. The van der Waals surface area contributed by atoms with Crippen LogP contribution in [0.4, 0.5) is 4.39 Å². The Morgan fingerprint density at radius 3 is 2.31 bits per heavy atom. The lowest BCUT2D eigenvalue weighted by atomic mass is 9.94. The highest BCUT2D eigenvalue weighted by molar-refractivity contribution is 8.03. The van der Waals surface area contributed by atoms with E-state index in [4.69, 9.17) is 5.73 Å². The average Bonchev–Trinajstić information content (AvgIpc) is 3.18. The molecule has 1 heterocycles. The predicted octanol–water partition coefficient (Wildman–Crippen LogP) is 3.71. The van der Waals surface area contributed by atoms with E-state index in [0.717, 1.165) is 31.2 Å². The Bertz CT molecular complexity index is 825. The molecule has 2 amide bonds. The Hall–Kier alpha value is -1.65. The van der Waals surface area contributed by atoms with E-state index in [1.807, 2.05) is 4.90 Å². The summed E-state index contributed by atoms with van der Waals surface area (Å²) in [6.07, 6.45) is 5.47. The van der Waals surface area contributed by atoms with Gasteiger partial charge in [-0.2, -0.15) is 0 Å². The molecule has 2 N–H and O–H groups in total. The Morgan fingerprint density at radius 2 is 1.69 bits per heavy atom. The van der Waals surface area contributed by atoms with Gasteiger partial charge in [-0.15, -0.1) is 10.2 Å². The fraction of sp³-hybridized carbons (Fsp3) is 0.474. The number of carbonyl (C=O) groups excluding carboxylic acids is 2. The highest BCUT2D eigenvalue weighted by Gasteiger charge is 2.26. The van der Waals surface area contributed by atoms with Crippen LogP contribution in [0.5, 0.6) is 0 Å². The largest absolute Gasteiger partial charge is 0.369 e. The SMILES string of the molecule is NC(=O)CSc1nnc(SCC(=O)N(Cc2ccc(F)cc2)C2CCCCC2)s1. The number of benzene rings is 1. The van der Waals surface area contributed by atoms with Crippen LogP contribution in [0.25, 0.3) is 0 Å². The molecule has 0 spiro atoms. The molecule has 156 valence electrons. The number of rotatable bonds is 9. The summed E-state index contributed by atoms with van der Waals surface area (Å²) in [6, 6.07) is 6.55. The van der Waals surface area contributed by atoms with Gasteiger partial charge in [0.25, 0.3) is 0 Å². The fourth-order valence-corrected chi connectivity index (χ4v) is 5.90. The van der Waals surface area contributed by atoms with Gasteiger partial charge >= 0.3 is 0 Å². The Kier molecular flexibility index (Phi) is 8.31. The van der Waals surface area contributed by atoms with Crippen molar-refractivity contribution in [2.45, 2.75) is 53.4 Å². The Balaban J connectivity index is 1.61. The standard InChI is InChI=1S/C19H23FN4O2S3/c20-14-8-6-13(7-9-14)10-24(15-4-2-1-3-5-15)17(26)12-28-19-23-22-18(29-19)27-11-16(21)25/h6-9,15H,1-5,10-12H2,(H2,21,25). The zero-order valence-electron chi connectivity index (χ0n) is 15.9. The van der Waals surface area contributed by atoms with Crippen LogP contribution < -0.4 is 5.73 Å². The molecule has 1 aliphatic carbocycles. The molecule has 29 heavy (non-hydrogen) atoms. The Morgan fingerprint density at radius 1 is 1.07 bits per heavy atom. The first-order valence-electron chi connectivity index (χ1n) is 9.42. The van der Waals surface area contributed by atoms with E-state index < -0.39 is 5.91 Å². The summed E-state index contributed by atoms with van der Waals surface area (Å²) >= 11 is 3.95. The van der Waals surface area contributed by atoms with Gasteiger partial charge in [-0.3, -0.25) is 9.59 Å². The summed E-state index contributed by atoms with van der Waals surface area (Å²) < 4.78 is 14.6. The third kappa shape index (κ3) is 6.97. The molecule has 0 radical (unpaired) electrons. The van der Waals surface area contributed by atoms with Crippen LogP contribution >= 0.6 is 34.9 Å². The molecule has 6 nitrogen and oxygen atoms in total. The minimum absolute atomic E-state index is 0.0489. The summed E-state index contributed by atoms with van der Waals surface area (Å²) in [6.45, 7) is 0.486. The first-order chi connectivity index (χ1) is 14.0. The molecule has 2 aromatic rings. The third-order valence-electron chi connectivity index (χ3n) is 4.65. The summed E-state index contributed by atoms with van der Waals surface area (Å²) in [5.41, 5.74) is 6.07. The summed E-state index contributed by atoms with van der Waals surface area (Å²) in [7, 11) is 0. The van der Waals surface area contributed by atoms with Crippen molar-refractivity contribution in [3.63, 3.8) is 0 Å². The normalized spacial score (nSPS) is 14.7. The first-order valence-corrected chi connectivity index (χ1v) is 12.2. The van der Waals surface area contributed by atoms with Crippen LogP contribution in [0.2, 0.25) is 0 Å². The Labute approximate surface area is 181 Å². The van der Waals surface area contributed by atoms with Gasteiger partial charge in [-0.25, -0.2) is 4.39 Å². The molecule has 1 aromatic heterocycles. The van der Waals surface area contributed by atoms with E-state index in [1.54, 1.807) is 12.1 Å². The second-order valence-corrected chi connectivity index (χ2v) is 10.2. The lowest BCUT2D eigenvalue weighted by molar-refractivity contribution is -0.132. The van der Waals surface area contributed by atoms with Crippen molar-refractivity contribution in [3.8, 4) is 0 Å². The van der Waals surface area contributed by atoms with Crippen molar-refractivity contribution in [2.75, 3.05) is 11.5 Å². The molecule has 0 atom stereocenters.